The molecule has 334 valence electrons. The molecule has 17 heteroatoms. The lowest BCUT2D eigenvalue weighted by atomic mass is 9.71. The molecular formula is C47H52BrFN9O5P. The number of nitrogens with zero attached hydrogens (tertiary/aromatic N) is 6. The Morgan fingerprint density at radius 3 is 2.42 bits per heavy atom. The van der Waals surface area contributed by atoms with Crippen LogP contribution in [-0.4, -0.2) is 95.1 Å². The fourth-order valence-electron chi connectivity index (χ4n) is 9.92. The Balaban J connectivity index is 0.825. The van der Waals surface area contributed by atoms with Crippen LogP contribution in [0.4, 0.5) is 33.2 Å². The highest BCUT2D eigenvalue weighted by Gasteiger charge is 2.40. The number of pyridine rings is 1. The van der Waals surface area contributed by atoms with Gasteiger partial charge in [-0.15, -0.1) is 0 Å². The molecular weight excluding hydrogens is 900 g/mol. The first-order valence-electron chi connectivity index (χ1n) is 21.7. The van der Waals surface area contributed by atoms with Crippen molar-refractivity contribution in [1.82, 2.24) is 30.1 Å². The maximum absolute atomic E-state index is 14.7. The summed E-state index contributed by atoms with van der Waals surface area (Å²) in [4.78, 5) is 57.6. The molecule has 9 rings (SSSR count). The highest BCUT2D eigenvalue weighted by molar-refractivity contribution is 9.10. The third-order valence-corrected chi connectivity index (χ3v) is 15.6. The van der Waals surface area contributed by atoms with Gasteiger partial charge in [0.25, 0.3) is 5.91 Å². The van der Waals surface area contributed by atoms with Gasteiger partial charge in [-0.25, -0.2) is 9.37 Å². The minimum atomic E-state index is -2.91. The second kappa shape index (κ2) is 17.2. The molecule has 1 atom stereocenters. The van der Waals surface area contributed by atoms with Gasteiger partial charge in [0.05, 0.1) is 34.2 Å². The van der Waals surface area contributed by atoms with E-state index in [0.717, 1.165) is 80.9 Å². The van der Waals surface area contributed by atoms with Crippen molar-refractivity contribution in [2.24, 2.45) is 5.41 Å². The number of nitrogens with one attached hydrogen (secondary N) is 3. The molecule has 2 aromatic heterocycles. The maximum Gasteiger partial charge on any atom is 0.255 e. The molecule has 6 heterocycles. The van der Waals surface area contributed by atoms with Gasteiger partial charge in [0, 0.05) is 66.8 Å². The number of likely N-dealkylation sites (tertiary alicyclic amines) is 1. The van der Waals surface area contributed by atoms with E-state index in [4.69, 9.17) is 9.72 Å². The number of anilines is 5. The van der Waals surface area contributed by atoms with E-state index in [1.165, 1.54) is 11.6 Å². The number of rotatable bonds is 10. The Kier molecular flexibility index (Phi) is 11.7. The number of piperidine rings is 3. The number of ether oxygens (including phenoxy) is 1. The molecule has 0 radical (unpaired) electrons. The maximum atomic E-state index is 14.7. The van der Waals surface area contributed by atoms with Gasteiger partial charge in [0.15, 0.2) is 0 Å². The van der Waals surface area contributed by atoms with Crippen molar-refractivity contribution in [1.29, 1.82) is 0 Å². The summed E-state index contributed by atoms with van der Waals surface area (Å²) in [6.45, 7) is 12.2. The molecule has 14 nitrogen and oxygen atoms in total. The van der Waals surface area contributed by atoms with E-state index in [-0.39, 0.29) is 29.8 Å². The van der Waals surface area contributed by atoms with Crippen LogP contribution in [0.5, 0.6) is 5.75 Å². The zero-order chi connectivity index (χ0) is 45.1. The molecule has 0 aliphatic carbocycles. The number of benzene rings is 3. The molecule has 4 aliphatic heterocycles. The number of hydrogen-bond acceptors (Lipinski definition) is 12. The number of amides is 3. The number of aryl methyl sites for hydroxylation is 2. The quantitative estimate of drug-likeness (QED) is 0.0918. The van der Waals surface area contributed by atoms with E-state index in [1.807, 2.05) is 12.1 Å². The first-order valence-corrected chi connectivity index (χ1v) is 25.1. The Hall–Kier alpha value is -5.44. The molecule has 0 bridgehead atoms. The average molecular weight is 953 g/mol. The first-order chi connectivity index (χ1) is 30.6. The second-order valence-corrected chi connectivity index (χ2v) is 22.1. The van der Waals surface area contributed by atoms with E-state index in [9.17, 15) is 23.3 Å². The lowest BCUT2D eigenvalue weighted by molar-refractivity contribution is -0.136. The average Bonchev–Trinajstić information content (AvgIpc) is 3.58. The smallest absolute Gasteiger partial charge is 0.255 e. The molecule has 0 saturated carbocycles. The summed E-state index contributed by atoms with van der Waals surface area (Å²) in [5, 5.41) is 10.0. The van der Waals surface area contributed by atoms with Gasteiger partial charge in [-0.2, -0.15) is 4.98 Å². The van der Waals surface area contributed by atoms with Crippen LogP contribution < -0.4 is 30.9 Å². The Morgan fingerprint density at radius 1 is 0.953 bits per heavy atom. The van der Waals surface area contributed by atoms with Crippen LogP contribution in [0.25, 0.3) is 10.9 Å². The van der Waals surface area contributed by atoms with E-state index in [2.05, 4.69) is 76.8 Å². The molecule has 64 heavy (non-hydrogen) atoms. The molecule has 3 saturated heterocycles. The molecule has 3 fully saturated rings. The predicted octanol–water partition coefficient (Wildman–Crippen LogP) is 7.93. The summed E-state index contributed by atoms with van der Waals surface area (Å²) in [7, 11) is -1.26. The highest BCUT2D eigenvalue weighted by Crippen LogP contribution is 2.45. The molecule has 5 aromatic rings. The Labute approximate surface area is 380 Å². The van der Waals surface area contributed by atoms with Crippen LogP contribution in [-0.2, 0) is 27.2 Å². The lowest BCUT2D eigenvalue weighted by Crippen LogP contribution is -2.52. The zero-order valence-electron chi connectivity index (χ0n) is 36.7. The van der Waals surface area contributed by atoms with E-state index >= 15 is 0 Å². The lowest BCUT2D eigenvalue weighted by Gasteiger charge is -2.47. The van der Waals surface area contributed by atoms with Crippen LogP contribution in [0.2, 0.25) is 0 Å². The van der Waals surface area contributed by atoms with Crippen molar-refractivity contribution in [3.63, 3.8) is 0 Å². The largest absolute Gasteiger partial charge is 0.494 e. The molecule has 3 aromatic carbocycles. The number of fused-ring (bicyclic) bond motifs is 2. The van der Waals surface area contributed by atoms with Crippen molar-refractivity contribution in [3.05, 3.63) is 93.0 Å². The number of methoxy groups -OCH3 is 1. The topological polar surface area (TPSA) is 162 Å². The Morgan fingerprint density at radius 2 is 1.70 bits per heavy atom. The standard InChI is InChI=1S/C47H52BrFN9O5P/c1-27-20-37(53-46-50-24-33(48)43(55-46)52-36-9-8-35-32(42(36)64(4,5)62)22-34(49)28(2)51-35)40(63-3)23-39(27)57-18-14-47(15-19-57)12-16-56(17-13-47)25-29-6-7-31-30(21-29)26-58(45(31)61)38-10-11-41(59)54-44(38)60/h6-9,20-24,38H,10-19,25-26H2,1-5H3,(H,54,59,60)(H2,50,52,53,55). The zero-order valence-corrected chi connectivity index (χ0v) is 39.2. The van der Waals surface area contributed by atoms with Crippen molar-refractivity contribution >= 4 is 85.8 Å². The van der Waals surface area contributed by atoms with Gasteiger partial charge < -0.3 is 29.7 Å². The highest BCUT2D eigenvalue weighted by atomic mass is 79.9. The molecule has 4 aliphatic rings. The monoisotopic (exact) mass is 951 g/mol. The first kappa shape index (κ1) is 43.8. The van der Waals surface area contributed by atoms with E-state index < -0.39 is 19.0 Å². The fourth-order valence-corrected chi connectivity index (χ4v) is 11.7. The summed E-state index contributed by atoms with van der Waals surface area (Å²) in [5.41, 5.74) is 7.39. The summed E-state index contributed by atoms with van der Waals surface area (Å²) >= 11 is 3.56. The van der Waals surface area contributed by atoms with Crippen molar-refractivity contribution < 1.29 is 28.1 Å². The Bertz CT molecular complexity index is 2770. The summed E-state index contributed by atoms with van der Waals surface area (Å²) in [5.74, 6) is 0.153. The molecule has 3 amide bonds. The van der Waals surface area contributed by atoms with Crippen molar-refractivity contribution in [2.45, 2.75) is 71.5 Å². The fraction of sp³-hybridized carbons (Fsp3) is 0.404. The SMILES string of the molecule is COc1cc(N2CCC3(CCN(Cc4ccc5c(c4)CN(C4CCC(=O)NC4=O)C5=O)CC3)CC2)c(C)cc1Nc1ncc(Br)c(Nc2ccc3nc(C)c(F)cc3c2P(C)(C)=O)n1. The van der Waals surface area contributed by atoms with E-state index in [1.54, 1.807) is 50.6 Å². The predicted molar refractivity (Wildman–Crippen MR) is 250 cm³/mol. The second-order valence-electron chi connectivity index (χ2n) is 18.1. The molecule has 3 N–H and O–H groups in total. The van der Waals surface area contributed by atoms with Crippen molar-refractivity contribution in [2.75, 3.05) is 62.2 Å². The van der Waals surface area contributed by atoms with E-state index in [0.29, 0.717) is 67.8 Å². The number of imide groups is 1. The van der Waals surface area contributed by atoms with Crippen molar-refractivity contribution in [3.8, 4) is 5.75 Å². The third-order valence-electron chi connectivity index (χ3n) is 13.5. The number of halogens is 2. The molecule has 1 spiro atoms. The van der Waals surface area contributed by atoms with Gasteiger partial charge in [-0.1, -0.05) is 12.1 Å². The van der Waals surface area contributed by atoms with Gasteiger partial charge in [0.1, 0.15) is 30.6 Å². The number of hydrogen-bond donors (Lipinski definition) is 3. The summed E-state index contributed by atoms with van der Waals surface area (Å²) in [6, 6.07) is 14.6. The van der Waals surface area contributed by atoms with Crippen LogP contribution in [0.15, 0.2) is 59.2 Å². The summed E-state index contributed by atoms with van der Waals surface area (Å²) < 4.78 is 34.8. The number of aromatic nitrogens is 3. The van der Waals surface area contributed by atoms with Gasteiger partial charge in [0.2, 0.25) is 17.8 Å². The summed E-state index contributed by atoms with van der Waals surface area (Å²) in [6.07, 6.45) is 6.73. The minimum Gasteiger partial charge on any atom is -0.494 e. The van der Waals surface area contributed by atoms with Crippen LogP contribution in [0.1, 0.15) is 71.3 Å². The normalized spacial score (nSPS) is 19.0. The van der Waals surface area contributed by atoms with Gasteiger partial charge >= 0.3 is 0 Å². The third kappa shape index (κ3) is 8.59. The van der Waals surface area contributed by atoms with Gasteiger partial charge in [-0.05, 0) is 141 Å². The number of carbonyl (C=O) groups excluding carboxylic acids is 3. The van der Waals surface area contributed by atoms with Crippen LogP contribution >= 0.6 is 23.1 Å². The number of carbonyl (C=O) groups is 3. The van der Waals surface area contributed by atoms with Crippen LogP contribution in [0, 0.1) is 25.1 Å². The minimum absolute atomic E-state index is 0.142. The van der Waals surface area contributed by atoms with Crippen LogP contribution in [0.3, 0.4) is 0 Å². The van der Waals surface area contributed by atoms with Gasteiger partial charge in [-0.3, -0.25) is 29.6 Å². The molecule has 1 unspecified atom stereocenters.